The van der Waals surface area contributed by atoms with Gasteiger partial charge in [-0.15, -0.1) is 5.10 Å². The minimum atomic E-state index is -0.211. The summed E-state index contributed by atoms with van der Waals surface area (Å²) in [5.74, 6) is 0. The molecule has 0 bridgehead atoms. The van der Waals surface area contributed by atoms with Crippen LogP contribution in [0.25, 0.3) is 11.0 Å². The lowest BCUT2D eigenvalue weighted by Crippen LogP contribution is -2.61. The van der Waals surface area contributed by atoms with E-state index in [-0.39, 0.29) is 12.1 Å². The van der Waals surface area contributed by atoms with Crippen molar-refractivity contribution in [3.05, 3.63) is 18.2 Å². The molecule has 2 fully saturated rings. The smallest absolute Gasteiger partial charge is 0.321 e. The van der Waals surface area contributed by atoms with Gasteiger partial charge in [0.2, 0.25) is 0 Å². The molecule has 4 rings (SSSR count). The molecule has 0 saturated carbocycles. The number of benzene rings is 1. The Morgan fingerprint density at radius 1 is 1.35 bits per heavy atom. The number of rotatable bonds is 2. The standard InChI is InChI=1S/C15H20N6O2/c1-19-14-3-2-10(6-13(14)17-18-19)16-15(23)21-7-11(8-21)20-5-4-12(22)9-20/h2-3,6,11-12,22H,4-5,7-9H2,1H3,(H,16,23)/t12-/m1/s1. The van der Waals surface area contributed by atoms with Crippen LogP contribution in [0, 0.1) is 0 Å². The van der Waals surface area contributed by atoms with Crippen LogP contribution in [0.2, 0.25) is 0 Å². The molecule has 0 radical (unpaired) electrons. The van der Waals surface area contributed by atoms with E-state index in [1.165, 1.54) is 0 Å². The van der Waals surface area contributed by atoms with Crippen LogP contribution in [-0.2, 0) is 7.05 Å². The van der Waals surface area contributed by atoms with Gasteiger partial charge in [-0.25, -0.2) is 9.48 Å². The Kier molecular flexibility index (Phi) is 3.42. The fourth-order valence-electron chi connectivity index (χ4n) is 3.27. The number of urea groups is 1. The lowest BCUT2D eigenvalue weighted by molar-refractivity contribution is 0.0669. The highest BCUT2D eigenvalue weighted by molar-refractivity contribution is 5.92. The van der Waals surface area contributed by atoms with Crippen LogP contribution in [0.1, 0.15) is 6.42 Å². The molecule has 2 aromatic rings. The highest BCUT2D eigenvalue weighted by atomic mass is 16.3. The summed E-state index contributed by atoms with van der Waals surface area (Å²) in [5.41, 5.74) is 2.42. The van der Waals surface area contributed by atoms with Crippen LogP contribution in [0.3, 0.4) is 0 Å². The van der Waals surface area contributed by atoms with Crippen LogP contribution in [0.15, 0.2) is 18.2 Å². The van der Waals surface area contributed by atoms with E-state index in [2.05, 4.69) is 20.5 Å². The number of hydrogen-bond acceptors (Lipinski definition) is 5. The van der Waals surface area contributed by atoms with Gasteiger partial charge in [0.15, 0.2) is 0 Å². The van der Waals surface area contributed by atoms with Crippen LogP contribution in [-0.4, -0.2) is 74.3 Å². The van der Waals surface area contributed by atoms with Gasteiger partial charge in [0.25, 0.3) is 0 Å². The molecule has 2 aliphatic heterocycles. The van der Waals surface area contributed by atoms with Gasteiger partial charge in [-0.3, -0.25) is 4.90 Å². The maximum absolute atomic E-state index is 12.3. The molecule has 1 aromatic heterocycles. The van der Waals surface area contributed by atoms with Crippen molar-refractivity contribution in [3.8, 4) is 0 Å². The van der Waals surface area contributed by atoms with Gasteiger partial charge in [0.1, 0.15) is 5.52 Å². The Morgan fingerprint density at radius 3 is 2.91 bits per heavy atom. The largest absolute Gasteiger partial charge is 0.392 e. The topological polar surface area (TPSA) is 86.5 Å². The Morgan fingerprint density at radius 2 is 2.17 bits per heavy atom. The summed E-state index contributed by atoms with van der Waals surface area (Å²) in [6, 6.07) is 5.87. The Hall–Kier alpha value is -2.19. The number of anilines is 1. The minimum Gasteiger partial charge on any atom is -0.392 e. The zero-order valence-corrected chi connectivity index (χ0v) is 13.0. The maximum atomic E-state index is 12.3. The summed E-state index contributed by atoms with van der Waals surface area (Å²) in [6.45, 7) is 3.08. The van der Waals surface area contributed by atoms with Crippen LogP contribution in [0.5, 0.6) is 0 Å². The first-order chi connectivity index (χ1) is 11.1. The molecular weight excluding hydrogens is 296 g/mol. The highest BCUT2D eigenvalue weighted by Crippen LogP contribution is 2.22. The number of carbonyl (C=O) groups is 1. The number of nitrogens with zero attached hydrogens (tertiary/aromatic N) is 5. The van der Waals surface area contributed by atoms with Crippen molar-refractivity contribution >= 4 is 22.8 Å². The molecule has 1 atom stereocenters. The number of amides is 2. The number of aliphatic hydroxyl groups is 1. The van der Waals surface area contributed by atoms with Gasteiger partial charge in [-0.05, 0) is 24.6 Å². The van der Waals surface area contributed by atoms with E-state index in [0.29, 0.717) is 19.1 Å². The average Bonchev–Trinajstić information content (AvgIpc) is 3.04. The first-order valence-corrected chi connectivity index (χ1v) is 7.87. The molecule has 2 N–H and O–H groups in total. The number of likely N-dealkylation sites (tertiary alicyclic amines) is 2. The zero-order valence-electron chi connectivity index (χ0n) is 13.0. The molecule has 122 valence electrons. The van der Waals surface area contributed by atoms with E-state index < -0.39 is 0 Å². The Bertz CT molecular complexity index is 739. The highest BCUT2D eigenvalue weighted by Gasteiger charge is 2.37. The molecule has 2 amide bonds. The summed E-state index contributed by atoms with van der Waals surface area (Å²) in [4.78, 5) is 16.3. The van der Waals surface area contributed by atoms with E-state index in [1.54, 1.807) is 9.58 Å². The van der Waals surface area contributed by atoms with Crippen molar-refractivity contribution in [2.24, 2.45) is 7.05 Å². The first-order valence-electron chi connectivity index (χ1n) is 7.87. The lowest BCUT2D eigenvalue weighted by atomic mass is 10.1. The number of fused-ring (bicyclic) bond motifs is 1. The van der Waals surface area contributed by atoms with Crippen LogP contribution < -0.4 is 5.32 Å². The van der Waals surface area contributed by atoms with Crippen molar-refractivity contribution in [1.29, 1.82) is 0 Å². The van der Waals surface area contributed by atoms with E-state index in [0.717, 1.165) is 36.2 Å². The Labute approximate surface area is 133 Å². The third-order valence-electron chi connectivity index (χ3n) is 4.72. The van der Waals surface area contributed by atoms with E-state index in [4.69, 9.17) is 0 Å². The van der Waals surface area contributed by atoms with Gasteiger partial charge >= 0.3 is 6.03 Å². The quantitative estimate of drug-likeness (QED) is 0.829. The van der Waals surface area contributed by atoms with E-state index in [1.807, 2.05) is 25.2 Å². The molecule has 23 heavy (non-hydrogen) atoms. The Balaban J connectivity index is 1.35. The second-order valence-electron chi connectivity index (χ2n) is 6.34. The van der Waals surface area contributed by atoms with Gasteiger partial charge in [0.05, 0.1) is 11.6 Å². The number of aryl methyl sites for hydroxylation is 1. The minimum absolute atomic E-state index is 0.0933. The molecule has 0 aliphatic carbocycles. The van der Waals surface area contributed by atoms with Gasteiger partial charge in [-0.1, -0.05) is 5.21 Å². The summed E-state index contributed by atoms with van der Waals surface area (Å²) in [5, 5.41) is 20.5. The molecule has 8 nitrogen and oxygen atoms in total. The summed E-state index contributed by atoms with van der Waals surface area (Å²) in [7, 11) is 1.84. The zero-order chi connectivity index (χ0) is 16.0. The molecule has 1 aromatic carbocycles. The molecule has 8 heteroatoms. The van der Waals surface area contributed by atoms with Crippen LogP contribution >= 0.6 is 0 Å². The molecular formula is C15H20N6O2. The second-order valence-corrected chi connectivity index (χ2v) is 6.34. The SMILES string of the molecule is Cn1nnc2cc(NC(=O)N3CC(N4CC[C@@H](O)C4)C3)ccc21. The molecule has 2 saturated heterocycles. The number of β-amino-alcohol motifs (C(OH)–C–C–N with tert-alkyl or cyclic N) is 1. The van der Waals surface area contributed by atoms with Gasteiger partial charge in [0, 0.05) is 45.0 Å². The molecule has 3 heterocycles. The fourth-order valence-corrected chi connectivity index (χ4v) is 3.27. The number of carbonyl (C=O) groups excluding carboxylic acids is 1. The first kappa shape index (κ1) is 14.4. The lowest BCUT2D eigenvalue weighted by Gasteiger charge is -2.43. The maximum Gasteiger partial charge on any atom is 0.321 e. The van der Waals surface area contributed by atoms with Crippen molar-refractivity contribution in [2.45, 2.75) is 18.6 Å². The van der Waals surface area contributed by atoms with Crippen molar-refractivity contribution < 1.29 is 9.90 Å². The van der Waals surface area contributed by atoms with Crippen molar-refractivity contribution in [1.82, 2.24) is 24.8 Å². The van der Waals surface area contributed by atoms with E-state index >= 15 is 0 Å². The van der Waals surface area contributed by atoms with Crippen molar-refractivity contribution in [2.75, 3.05) is 31.5 Å². The number of aromatic nitrogens is 3. The van der Waals surface area contributed by atoms with Crippen molar-refractivity contribution in [3.63, 3.8) is 0 Å². The third-order valence-corrected chi connectivity index (χ3v) is 4.72. The second kappa shape index (κ2) is 5.47. The average molecular weight is 316 g/mol. The monoisotopic (exact) mass is 316 g/mol. The summed E-state index contributed by atoms with van der Waals surface area (Å²) < 4.78 is 1.70. The molecule has 0 unspecified atom stereocenters. The summed E-state index contributed by atoms with van der Waals surface area (Å²) in [6.07, 6.45) is 0.623. The number of nitrogens with one attached hydrogen (secondary N) is 1. The molecule has 2 aliphatic rings. The predicted molar refractivity (Wildman–Crippen MR) is 85.1 cm³/mol. The third kappa shape index (κ3) is 2.64. The number of aliphatic hydroxyl groups excluding tert-OH is 1. The van der Waals surface area contributed by atoms with Gasteiger partial charge < -0.3 is 15.3 Å². The normalized spacial score (nSPS) is 22.5. The van der Waals surface area contributed by atoms with Crippen LogP contribution in [0.4, 0.5) is 10.5 Å². The predicted octanol–water partition coefficient (Wildman–Crippen LogP) is 0.251. The van der Waals surface area contributed by atoms with E-state index in [9.17, 15) is 9.90 Å². The number of hydrogen-bond donors (Lipinski definition) is 2. The molecule has 0 spiro atoms. The fraction of sp³-hybridized carbons (Fsp3) is 0.533. The van der Waals surface area contributed by atoms with Gasteiger partial charge in [-0.2, -0.15) is 0 Å². The summed E-state index contributed by atoms with van der Waals surface area (Å²) >= 11 is 0.